The summed E-state index contributed by atoms with van der Waals surface area (Å²) in [4.78, 5) is 37.7. The highest BCUT2D eigenvalue weighted by Gasteiger charge is 2.33. The molecule has 0 bridgehead atoms. The standard InChI is InChI=1S/C36H41F2N5O3S/c1-22-21-47-34(41-22)30-11-8-12-43(30)35(46)28-14-24(17-37)13-27(16-28)33(45)42-23(2)32(44)31(26-9-6-5-7-10-26)40-19-25-15-29(20-39-18-25)36(3,4)38/h5-7,9-10,13-16,18,20-21,23,30-32,40,44H,8,11-12,17,19H2,1-4H3,(H,42,45). The lowest BCUT2D eigenvalue weighted by molar-refractivity contribution is 0.0733. The van der Waals surface area contributed by atoms with Crippen molar-refractivity contribution in [2.75, 3.05) is 6.54 Å². The van der Waals surface area contributed by atoms with Crippen molar-refractivity contribution in [2.45, 2.75) is 83.7 Å². The zero-order chi connectivity index (χ0) is 33.7. The van der Waals surface area contributed by atoms with Gasteiger partial charge in [0.05, 0.1) is 24.2 Å². The number of pyridine rings is 1. The van der Waals surface area contributed by atoms with Crippen LogP contribution in [-0.2, 0) is 18.9 Å². The van der Waals surface area contributed by atoms with Gasteiger partial charge in [-0.3, -0.25) is 14.6 Å². The third kappa shape index (κ3) is 8.27. The second kappa shape index (κ2) is 14.8. The van der Waals surface area contributed by atoms with Gasteiger partial charge in [-0.15, -0.1) is 11.3 Å². The molecule has 4 unspecified atom stereocenters. The number of aliphatic hydroxyl groups excluding tert-OH is 1. The molecule has 0 radical (unpaired) electrons. The van der Waals surface area contributed by atoms with Gasteiger partial charge in [0.15, 0.2) is 0 Å². The summed E-state index contributed by atoms with van der Waals surface area (Å²) in [6.45, 7) is 6.53. The van der Waals surface area contributed by atoms with E-state index < -0.39 is 36.4 Å². The number of aromatic nitrogens is 2. The Morgan fingerprint density at radius 2 is 1.85 bits per heavy atom. The summed E-state index contributed by atoms with van der Waals surface area (Å²) in [5.41, 5.74) is 1.89. The maximum atomic E-state index is 14.6. The number of likely N-dealkylation sites (tertiary alicyclic amines) is 1. The molecular formula is C36H41F2N5O3S. The number of halogens is 2. The molecule has 0 aliphatic carbocycles. The van der Waals surface area contributed by atoms with Crippen molar-refractivity contribution < 1.29 is 23.5 Å². The van der Waals surface area contributed by atoms with E-state index in [1.165, 1.54) is 49.6 Å². The summed E-state index contributed by atoms with van der Waals surface area (Å²) in [5, 5.41) is 20.6. The molecule has 4 aromatic rings. The normalized spacial score (nSPS) is 16.9. The Kier molecular flexibility index (Phi) is 10.8. The van der Waals surface area contributed by atoms with Crippen LogP contribution in [0.15, 0.2) is 72.4 Å². The van der Waals surface area contributed by atoms with Crippen LogP contribution in [0.4, 0.5) is 8.78 Å². The Bertz CT molecular complexity index is 1690. The van der Waals surface area contributed by atoms with Gasteiger partial charge in [0.2, 0.25) is 0 Å². The molecule has 3 heterocycles. The zero-order valence-electron chi connectivity index (χ0n) is 27.0. The van der Waals surface area contributed by atoms with Crippen molar-refractivity contribution in [1.29, 1.82) is 0 Å². The molecule has 11 heteroatoms. The summed E-state index contributed by atoms with van der Waals surface area (Å²) in [6.07, 6.45) is 3.66. The average Bonchev–Trinajstić information content (AvgIpc) is 3.73. The Morgan fingerprint density at radius 1 is 1.11 bits per heavy atom. The summed E-state index contributed by atoms with van der Waals surface area (Å²) >= 11 is 1.52. The first-order chi connectivity index (χ1) is 22.4. The van der Waals surface area contributed by atoms with Crippen LogP contribution in [0.25, 0.3) is 0 Å². The van der Waals surface area contributed by atoms with Crippen molar-refractivity contribution in [3.63, 3.8) is 0 Å². The molecule has 248 valence electrons. The van der Waals surface area contributed by atoms with Gasteiger partial charge in [0, 0.05) is 53.2 Å². The molecule has 3 N–H and O–H groups in total. The van der Waals surface area contributed by atoms with Gasteiger partial charge in [-0.25, -0.2) is 13.8 Å². The maximum absolute atomic E-state index is 14.6. The summed E-state index contributed by atoms with van der Waals surface area (Å²) in [5.74, 6) is -0.816. The number of thiazole rings is 1. The lowest BCUT2D eigenvalue weighted by atomic mass is 9.95. The van der Waals surface area contributed by atoms with Crippen LogP contribution in [0.2, 0.25) is 0 Å². The number of nitrogens with one attached hydrogen (secondary N) is 2. The van der Waals surface area contributed by atoms with Crippen molar-refractivity contribution >= 4 is 23.2 Å². The Balaban J connectivity index is 1.32. The van der Waals surface area contributed by atoms with Crippen LogP contribution >= 0.6 is 11.3 Å². The van der Waals surface area contributed by atoms with E-state index in [0.717, 1.165) is 34.7 Å². The van der Waals surface area contributed by atoms with E-state index in [1.54, 1.807) is 24.1 Å². The number of carbonyl (C=O) groups excluding carboxylic acids is 2. The van der Waals surface area contributed by atoms with Crippen LogP contribution in [0.5, 0.6) is 0 Å². The van der Waals surface area contributed by atoms with Gasteiger partial charge >= 0.3 is 0 Å². The summed E-state index contributed by atoms with van der Waals surface area (Å²) in [7, 11) is 0. The second-order valence-corrected chi connectivity index (χ2v) is 13.5. The van der Waals surface area contributed by atoms with E-state index in [2.05, 4.69) is 20.6 Å². The molecule has 1 aliphatic heterocycles. The average molecular weight is 662 g/mol. The van der Waals surface area contributed by atoms with E-state index in [0.29, 0.717) is 12.1 Å². The highest BCUT2D eigenvalue weighted by Crippen LogP contribution is 2.35. The van der Waals surface area contributed by atoms with Crippen LogP contribution in [0.3, 0.4) is 0 Å². The van der Waals surface area contributed by atoms with Crippen molar-refractivity contribution in [2.24, 2.45) is 0 Å². The fraction of sp³-hybridized carbons (Fsp3) is 0.389. The number of hydrogen-bond donors (Lipinski definition) is 3. The van der Waals surface area contributed by atoms with Gasteiger partial charge in [-0.05, 0) is 81.5 Å². The molecule has 2 amide bonds. The lowest BCUT2D eigenvalue weighted by Crippen LogP contribution is -2.47. The number of alkyl halides is 2. The number of aryl methyl sites for hydroxylation is 1. The molecule has 8 nitrogen and oxygen atoms in total. The van der Waals surface area contributed by atoms with Gasteiger partial charge in [-0.2, -0.15) is 0 Å². The molecule has 1 saturated heterocycles. The molecule has 2 aromatic carbocycles. The number of hydrogen-bond acceptors (Lipinski definition) is 7. The third-order valence-corrected chi connectivity index (χ3v) is 9.53. The number of rotatable bonds is 12. The molecule has 0 saturated carbocycles. The molecule has 2 aromatic heterocycles. The second-order valence-electron chi connectivity index (χ2n) is 12.6. The number of benzene rings is 2. The number of aliphatic hydroxyl groups is 1. The fourth-order valence-corrected chi connectivity index (χ4v) is 6.82. The maximum Gasteiger partial charge on any atom is 0.254 e. The molecular weight excluding hydrogens is 620 g/mol. The zero-order valence-corrected chi connectivity index (χ0v) is 27.9. The van der Waals surface area contributed by atoms with Crippen LogP contribution < -0.4 is 10.6 Å². The highest BCUT2D eigenvalue weighted by atomic mass is 32.1. The SMILES string of the molecule is Cc1csc(C2CCCN2C(=O)c2cc(CF)cc(C(=O)NC(C)C(O)C(NCc3cncc(C(C)(C)F)c3)c3ccccc3)c2)n1. The van der Waals surface area contributed by atoms with E-state index in [9.17, 15) is 23.5 Å². The van der Waals surface area contributed by atoms with Gasteiger partial charge in [0.1, 0.15) is 17.4 Å². The van der Waals surface area contributed by atoms with E-state index in [1.807, 2.05) is 42.6 Å². The number of nitrogens with zero attached hydrogens (tertiary/aromatic N) is 3. The first-order valence-electron chi connectivity index (χ1n) is 15.8. The Labute approximate surface area is 278 Å². The monoisotopic (exact) mass is 661 g/mol. The van der Waals surface area contributed by atoms with Crippen molar-refractivity contribution in [1.82, 2.24) is 25.5 Å². The van der Waals surface area contributed by atoms with Crippen LogP contribution in [0, 0.1) is 6.92 Å². The highest BCUT2D eigenvalue weighted by molar-refractivity contribution is 7.09. The van der Waals surface area contributed by atoms with Gasteiger partial charge in [0.25, 0.3) is 11.8 Å². The molecule has 4 atom stereocenters. The predicted octanol–water partition coefficient (Wildman–Crippen LogP) is 6.51. The van der Waals surface area contributed by atoms with Crippen molar-refractivity contribution in [3.8, 4) is 0 Å². The molecule has 47 heavy (non-hydrogen) atoms. The summed E-state index contributed by atoms with van der Waals surface area (Å²) < 4.78 is 28.6. The number of amides is 2. The minimum Gasteiger partial charge on any atom is -0.389 e. The lowest BCUT2D eigenvalue weighted by Gasteiger charge is -2.30. The summed E-state index contributed by atoms with van der Waals surface area (Å²) in [6, 6.07) is 13.9. The molecule has 1 aliphatic rings. The molecule has 5 rings (SSSR count). The first-order valence-corrected chi connectivity index (χ1v) is 16.7. The largest absolute Gasteiger partial charge is 0.389 e. The predicted molar refractivity (Wildman–Crippen MR) is 178 cm³/mol. The molecule has 1 fully saturated rings. The Morgan fingerprint density at radius 3 is 2.53 bits per heavy atom. The van der Waals surface area contributed by atoms with Crippen LogP contribution in [0.1, 0.15) is 99.4 Å². The van der Waals surface area contributed by atoms with Gasteiger partial charge < -0.3 is 20.6 Å². The third-order valence-electron chi connectivity index (χ3n) is 8.47. The van der Waals surface area contributed by atoms with Crippen LogP contribution in [-0.4, -0.2) is 50.5 Å². The number of carbonyl (C=O) groups is 2. The van der Waals surface area contributed by atoms with Crippen molar-refractivity contribution in [3.05, 3.63) is 116 Å². The van der Waals surface area contributed by atoms with E-state index >= 15 is 0 Å². The molecule has 0 spiro atoms. The Hall–Kier alpha value is -4.06. The van der Waals surface area contributed by atoms with Gasteiger partial charge in [-0.1, -0.05) is 30.3 Å². The first kappa shape index (κ1) is 34.3. The topological polar surface area (TPSA) is 107 Å². The minimum absolute atomic E-state index is 0.129. The van der Waals surface area contributed by atoms with E-state index in [4.69, 9.17) is 0 Å². The van der Waals surface area contributed by atoms with E-state index in [-0.39, 0.29) is 35.2 Å². The smallest absolute Gasteiger partial charge is 0.254 e. The minimum atomic E-state index is -1.55. The quantitative estimate of drug-likeness (QED) is 0.160. The fourth-order valence-electron chi connectivity index (χ4n) is 5.88.